The van der Waals surface area contributed by atoms with Crippen molar-refractivity contribution in [3.05, 3.63) is 33.4 Å². The molecule has 0 bridgehead atoms. The summed E-state index contributed by atoms with van der Waals surface area (Å²) in [6.45, 7) is 2.20. The molecule has 2 fully saturated rings. The Kier molecular flexibility index (Phi) is 6.24. The van der Waals surface area contributed by atoms with Crippen LogP contribution in [0, 0.1) is 6.92 Å². The lowest BCUT2D eigenvalue weighted by molar-refractivity contribution is -0.142. The Balaban J connectivity index is 0.00000225. The highest BCUT2D eigenvalue weighted by atomic mass is 35.5. The van der Waals surface area contributed by atoms with Crippen LogP contribution >= 0.6 is 12.4 Å². The van der Waals surface area contributed by atoms with Gasteiger partial charge < -0.3 is 19.8 Å². The molecule has 1 aliphatic carbocycles. The van der Waals surface area contributed by atoms with Gasteiger partial charge in [0.1, 0.15) is 17.4 Å². The first-order valence-corrected chi connectivity index (χ1v) is 8.26. The van der Waals surface area contributed by atoms with Crippen molar-refractivity contribution in [1.29, 1.82) is 0 Å². The van der Waals surface area contributed by atoms with E-state index in [2.05, 4.69) is 15.4 Å². The third-order valence-corrected chi connectivity index (χ3v) is 4.85. The summed E-state index contributed by atoms with van der Waals surface area (Å²) in [6.07, 6.45) is 3.63. The molecular weight excluding hydrogens is 348 g/mol. The number of amides is 1. The van der Waals surface area contributed by atoms with Gasteiger partial charge in [-0.05, 0) is 37.8 Å². The molecule has 7 nitrogen and oxygen atoms in total. The molecule has 2 N–H and O–H groups in total. The molecule has 1 aliphatic heterocycles. The largest absolute Gasteiger partial charge is 0.468 e. The van der Waals surface area contributed by atoms with Crippen LogP contribution in [0.2, 0.25) is 0 Å². The number of hydrogen-bond acceptors (Lipinski definition) is 6. The van der Waals surface area contributed by atoms with Gasteiger partial charge >= 0.3 is 11.6 Å². The predicted molar refractivity (Wildman–Crippen MR) is 93.2 cm³/mol. The van der Waals surface area contributed by atoms with Crippen LogP contribution in [-0.4, -0.2) is 37.6 Å². The number of esters is 1. The van der Waals surface area contributed by atoms with Gasteiger partial charge in [0.15, 0.2) is 0 Å². The lowest BCUT2D eigenvalue weighted by Gasteiger charge is -2.24. The smallest absolute Gasteiger partial charge is 0.349 e. The topological polar surface area (TPSA) is 97.6 Å². The number of halogens is 1. The molecule has 2 heterocycles. The molecule has 2 aliphatic rings. The highest BCUT2D eigenvalue weighted by Crippen LogP contribution is 2.36. The summed E-state index contributed by atoms with van der Waals surface area (Å²) >= 11 is 0. The van der Waals surface area contributed by atoms with Crippen LogP contribution in [0.1, 0.15) is 53.3 Å². The number of aryl methyl sites for hydroxylation is 1. The minimum Gasteiger partial charge on any atom is -0.468 e. The van der Waals surface area contributed by atoms with Crippen molar-refractivity contribution in [3.63, 3.8) is 0 Å². The highest BCUT2D eigenvalue weighted by Gasteiger charge is 2.32. The van der Waals surface area contributed by atoms with Gasteiger partial charge in [0, 0.05) is 18.5 Å². The molecular formula is C17H23ClN2O5. The number of hydrogen-bond donors (Lipinski definition) is 2. The normalized spacial score (nSPS) is 22.6. The number of carbonyl (C=O) groups is 2. The van der Waals surface area contributed by atoms with E-state index in [0.717, 1.165) is 19.3 Å². The van der Waals surface area contributed by atoms with Crippen molar-refractivity contribution in [2.75, 3.05) is 13.7 Å². The molecule has 1 aromatic rings. The first kappa shape index (κ1) is 19.5. The SMILES string of the molecule is COC(=O)[C@@H]1C[C@H](NC(=O)c2c(C)cc(C3CCC3)oc2=O)CN1.Cl. The summed E-state index contributed by atoms with van der Waals surface area (Å²) in [4.78, 5) is 36.2. The van der Waals surface area contributed by atoms with E-state index in [1.807, 2.05) is 0 Å². The average Bonchev–Trinajstić information content (AvgIpc) is 2.92. The standard InChI is InChI=1S/C17H22N2O5.ClH/c1-9-6-13(10-4-3-5-10)24-17(22)14(9)15(20)19-11-7-12(18-8-11)16(21)23-2;/h6,10-12,18H,3-5,7-8H2,1-2H3,(H,19,20);1H/t11-,12-;/m0./s1. The van der Waals surface area contributed by atoms with Gasteiger partial charge in [-0.1, -0.05) is 6.42 Å². The maximum atomic E-state index is 12.4. The minimum absolute atomic E-state index is 0. The van der Waals surface area contributed by atoms with E-state index >= 15 is 0 Å². The van der Waals surface area contributed by atoms with E-state index < -0.39 is 17.6 Å². The summed E-state index contributed by atoms with van der Waals surface area (Å²) in [6, 6.07) is 1.13. The van der Waals surface area contributed by atoms with Crippen LogP contribution in [-0.2, 0) is 9.53 Å². The zero-order valence-corrected chi connectivity index (χ0v) is 15.1. The lowest BCUT2D eigenvalue weighted by Crippen LogP contribution is -2.39. The van der Waals surface area contributed by atoms with Gasteiger partial charge in [-0.3, -0.25) is 9.59 Å². The van der Waals surface area contributed by atoms with Crippen molar-refractivity contribution in [2.45, 2.75) is 50.6 Å². The van der Waals surface area contributed by atoms with Gasteiger partial charge in [0.05, 0.1) is 7.11 Å². The Morgan fingerprint density at radius 2 is 2.08 bits per heavy atom. The summed E-state index contributed by atoms with van der Waals surface area (Å²) in [5.74, 6) is 0.160. The molecule has 8 heteroatoms. The Morgan fingerprint density at radius 1 is 1.36 bits per heavy atom. The minimum atomic E-state index is -0.593. The predicted octanol–water partition coefficient (Wildman–Crippen LogP) is 1.27. The first-order chi connectivity index (χ1) is 11.5. The molecule has 25 heavy (non-hydrogen) atoms. The quantitative estimate of drug-likeness (QED) is 0.775. The highest BCUT2D eigenvalue weighted by molar-refractivity contribution is 5.95. The van der Waals surface area contributed by atoms with Gasteiger partial charge in [-0.25, -0.2) is 4.79 Å². The van der Waals surface area contributed by atoms with E-state index in [4.69, 9.17) is 4.42 Å². The van der Waals surface area contributed by atoms with Crippen molar-refractivity contribution >= 4 is 24.3 Å². The third kappa shape index (κ3) is 4.04. The second-order valence-corrected chi connectivity index (χ2v) is 6.51. The number of ether oxygens (including phenoxy) is 1. The zero-order chi connectivity index (χ0) is 17.3. The molecule has 0 spiro atoms. The van der Waals surface area contributed by atoms with Crippen LogP contribution in [0.25, 0.3) is 0 Å². The molecule has 3 rings (SSSR count). The van der Waals surface area contributed by atoms with Crippen molar-refractivity contribution < 1.29 is 18.7 Å². The average molecular weight is 371 g/mol. The van der Waals surface area contributed by atoms with Crippen molar-refractivity contribution in [1.82, 2.24) is 10.6 Å². The summed E-state index contributed by atoms with van der Waals surface area (Å²) in [5, 5.41) is 5.79. The third-order valence-electron chi connectivity index (χ3n) is 4.85. The maximum Gasteiger partial charge on any atom is 0.349 e. The molecule has 0 radical (unpaired) electrons. The fourth-order valence-corrected chi connectivity index (χ4v) is 3.22. The number of nitrogens with one attached hydrogen (secondary N) is 2. The van der Waals surface area contributed by atoms with E-state index in [1.165, 1.54) is 7.11 Å². The molecule has 1 amide bonds. The first-order valence-electron chi connectivity index (χ1n) is 8.26. The fourth-order valence-electron chi connectivity index (χ4n) is 3.22. The van der Waals surface area contributed by atoms with Crippen LogP contribution < -0.4 is 16.3 Å². The van der Waals surface area contributed by atoms with Gasteiger partial charge in [0.25, 0.3) is 5.91 Å². The van der Waals surface area contributed by atoms with Crippen LogP contribution in [0.5, 0.6) is 0 Å². The van der Waals surface area contributed by atoms with E-state index in [0.29, 0.717) is 30.2 Å². The Labute approximate surface area is 151 Å². The molecule has 1 saturated carbocycles. The summed E-state index contributed by atoms with van der Waals surface area (Å²) < 4.78 is 10.0. The van der Waals surface area contributed by atoms with Crippen LogP contribution in [0.3, 0.4) is 0 Å². The molecule has 1 aromatic heterocycles. The van der Waals surface area contributed by atoms with Crippen LogP contribution in [0.4, 0.5) is 0 Å². The number of carbonyl (C=O) groups excluding carboxylic acids is 2. The van der Waals surface area contributed by atoms with Gasteiger partial charge in [0.2, 0.25) is 0 Å². The van der Waals surface area contributed by atoms with E-state index in [-0.39, 0.29) is 30.0 Å². The summed E-state index contributed by atoms with van der Waals surface area (Å²) in [7, 11) is 1.33. The maximum absolute atomic E-state index is 12.4. The monoisotopic (exact) mass is 370 g/mol. The molecule has 0 aromatic carbocycles. The van der Waals surface area contributed by atoms with Gasteiger partial charge in [-0.15, -0.1) is 12.4 Å². The lowest BCUT2D eigenvalue weighted by atomic mass is 9.83. The number of methoxy groups -OCH3 is 1. The van der Waals surface area contributed by atoms with Crippen LogP contribution in [0.15, 0.2) is 15.3 Å². The fraction of sp³-hybridized carbons (Fsp3) is 0.588. The Bertz CT molecular complexity index is 713. The Hall–Kier alpha value is -1.86. The van der Waals surface area contributed by atoms with Crippen molar-refractivity contribution in [2.24, 2.45) is 0 Å². The zero-order valence-electron chi connectivity index (χ0n) is 14.3. The van der Waals surface area contributed by atoms with Crippen molar-refractivity contribution in [3.8, 4) is 0 Å². The second-order valence-electron chi connectivity index (χ2n) is 6.51. The Morgan fingerprint density at radius 3 is 2.64 bits per heavy atom. The molecule has 138 valence electrons. The van der Waals surface area contributed by atoms with E-state index in [9.17, 15) is 14.4 Å². The number of rotatable bonds is 4. The summed E-state index contributed by atoms with van der Waals surface area (Å²) in [5.41, 5.74) is 0.0746. The molecule has 1 saturated heterocycles. The van der Waals surface area contributed by atoms with E-state index in [1.54, 1.807) is 13.0 Å². The molecule has 2 atom stereocenters. The molecule has 0 unspecified atom stereocenters. The second kappa shape index (κ2) is 8.01. The van der Waals surface area contributed by atoms with Gasteiger partial charge in [-0.2, -0.15) is 0 Å².